The molecule has 0 rings (SSSR count). The van der Waals surface area contributed by atoms with Gasteiger partial charge in [-0.05, 0) is 0 Å². The van der Waals surface area contributed by atoms with Crippen LogP contribution >= 0.6 is 0 Å². The fourth-order valence-electron chi connectivity index (χ4n) is 0. The standard InChI is InChI=1S/CH4O4S.4CH3.2Cu.Mo.S2.2H2S/c1-5-6(2,3)4;;;;;;;;1-2;;/h1H3,(H,2,3,4);4*1H3;;;;;2*1H2/q;4*-1;;+2;;-2;;/p-2. The third-order valence-corrected chi connectivity index (χ3v) is 0.632. The molecule has 0 fully saturated rings. The van der Waals surface area contributed by atoms with Gasteiger partial charge in [0.15, 0.2) is 0 Å². The summed E-state index contributed by atoms with van der Waals surface area (Å²) in [6.07, 6.45) is 0. The van der Waals surface area contributed by atoms with Gasteiger partial charge in [-0.1, -0.05) is 0 Å². The smallest absolute Gasteiger partial charge is 1.00 e. The Morgan fingerprint density at radius 3 is 1.06 bits per heavy atom. The molecule has 126 valence electrons. The largest absolute Gasteiger partial charge is 2.00 e. The van der Waals surface area contributed by atoms with Crippen LogP contribution in [0.3, 0.4) is 0 Å². The summed E-state index contributed by atoms with van der Waals surface area (Å²) < 4.78 is 29.7. The van der Waals surface area contributed by atoms with Crippen LogP contribution in [0.15, 0.2) is 0 Å². The molecular formula is C5H18Cu2MoO4S5-6. The van der Waals surface area contributed by atoms with Crippen molar-refractivity contribution in [1.29, 1.82) is 0 Å². The molecule has 0 unspecified atom stereocenters. The Balaban J connectivity index is -0.00000000347. The van der Waals surface area contributed by atoms with Gasteiger partial charge in [0.05, 0.1) is 7.11 Å². The van der Waals surface area contributed by atoms with Crippen molar-refractivity contribution in [2.24, 2.45) is 0 Å². The number of hydrogen-bond acceptors (Lipinski definition) is 7. The maximum Gasteiger partial charge on any atom is 2.00 e. The average Bonchev–Trinajstić information content (AvgIpc) is 1.71. The summed E-state index contributed by atoms with van der Waals surface area (Å²) >= 11 is 7.33. The average molecular weight is 526 g/mol. The van der Waals surface area contributed by atoms with Crippen LogP contribution < -0.4 is 0 Å². The van der Waals surface area contributed by atoms with E-state index in [-0.39, 0.29) is 112 Å². The summed E-state index contributed by atoms with van der Waals surface area (Å²) in [5.41, 5.74) is 0. The van der Waals surface area contributed by atoms with Gasteiger partial charge in [0.2, 0.25) is 0 Å². The molecule has 0 aliphatic carbocycles. The molecule has 0 saturated carbocycles. The first kappa shape index (κ1) is 89.2. The second-order valence-corrected chi connectivity index (χ2v) is 1.78. The van der Waals surface area contributed by atoms with Gasteiger partial charge in [-0.25, -0.2) is 0 Å². The van der Waals surface area contributed by atoms with E-state index in [1.165, 1.54) is 0 Å². The van der Waals surface area contributed by atoms with Gasteiger partial charge in [0, 0.05) is 38.1 Å². The monoisotopic (exact) mass is 526 g/mol. The first-order valence-electron chi connectivity index (χ1n) is 1.26. The maximum atomic E-state index is 9.33. The van der Waals surface area contributed by atoms with Gasteiger partial charge < -0.3 is 80.0 Å². The van der Waals surface area contributed by atoms with Crippen molar-refractivity contribution < 1.29 is 72.4 Å². The molecule has 0 aromatic heterocycles. The second kappa shape index (κ2) is 61.6. The Morgan fingerprint density at radius 2 is 1.06 bits per heavy atom. The van der Waals surface area contributed by atoms with Crippen LogP contribution in [0, 0.1) is 29.7 Å². The number of rotatable bonds is 1. The SMILES string of the molecule is COS(=O)(=O)O.[CH3-].[CH3-].[CH3-].[CH3-].[Cu+2].[Cu].[Mo].[S-][S-].[SH-].[SH-]. The van der Waals surface area contributed by atoms with Gasteiger partial charge in [-0.3, -0.25) is 8.74 Å². The molecule has 4 nitrogen and oxygen atoms in total. The molecule has 0 spiro atoms. The van der Waals surface area contributed by atoms with Crippen molar-refractivity contribution in [2.75, 3.05) is 7.11 Å². The number of thiol groups is 2. The fraction of sp³-hybridized carbons (Fsp3) is 0.200. The summed E-state index contributed by atoms with van der Waals surface area (Å²) in [6.45, 7) is 0. The van der Waals surface area contributed by atoms with Crippen LogP contribution in [-0.2, 0) is 120 Å². The molecule has 0 atom stereocenters. The predicted octanol–water partition coefficient (Wildman–Crippen LogP) is 0.684. The van der Waals surface area contributed by atoms with E-state index < -0.39 is 10.4 Å². The molecule has 0 bridgehead atoms. The molecule has 0 aliphatic heterocycles. The van der Waals surface area contributed by atoms with Gasteiger partial charge in [-0.2, -0.15) is 8.42 Å². The molecule has 0 amide bonds. The van der Waals surface area contributed by atoms with Gasteiger partial charge in [-0.15, -0.1) is 0 Å². The second-order valence-electron chi connectivity index (χ2n) is 0.594. The van der Waals surface area contributed by atoms with Crippen LogP contribution in [0.25, 0.3) is 0 Å². The Bertz CT molecular complexity index is 138. The van der Waals surface area contributed by atoms with E-state index in [1.54, 1.807) is 0 Å². The molecule has 0 aromatic carbocycles. The molecule has 0 heterocycles. The Morgan fingerprint density at radius 1 is 1.00 bits per heavy atom. The molecule has 0 aliphatic rings. The molecule has 12 heteroatoms. The Kier molecular flexibility index (Phi) is 323. The molecule has 1 N–H and O–H groups in total. The molecule has 17 heavy (non-hydrogen) atoms. The number of hydrogen-bond donors (Lipinski definition) is 1. The van der Waals surface area contributed by atoms with Gasteiger partial charge >= 0.3 is 27.5 Å². The Hall–Kier alpha value is 3.00. The van der Waals surface area contributed by atoms with Crippen LogP contribution in [0.4, 0.5) is 0 Å². The first-order valence-corrected chi connectivity index (χ1v) is 3.96. The predicted molar refractivity (Wildman–Crippen MR) is 76.5 cm³/mol. The van der Waals surface area contributed by atoms with E-state index in [4.69, 9.17) is 4.55 Å². The summed E-state index contributed by atoms with van der Waals surface area (Å²) in [5.74, 6) is 0. The normalized spacial score (nSPS) is 4.47. The van der Waals surface area contributed by atoms with Crippen molar-refractivity contribution in [2.45, 2.75) is 0 Å². The summed E-state index contributed by atoms with van der Waals surface area (Å²) in [7, 11) is -3.29. The minimum atomic E-state index is -4.16. The van der Waals surface area contributed by atoms with Crippen LogP contribution in [-0.4, -0.2) is 20.1 Å². The summed E-state index contributed by atoms with van der Waals surface area (Å²) in [5, 5.41) is 0. The fourth-order valence-corrected chi connectivity index (χ4v) is 0. The summed E-state index contributed by atoms with van der Waals surface area (Å²) in [4.78, 5) is 0. The van der Waals surface area contributed by atoms with E-state index in [0.29, 0.717) is 0 Å². The van der Waals surface area contributed by atoms with E-state index in [0.717, 1.165) is 7.11 Å². The zero-order valence-electron chi connectivity index (χ0n) is 9.80. The first-order chi connectivity index (χ1) is 3.56. The molecular weight excluding hydrogens is 507 g/mol. The van der Waals surface area contributed by atoms with Crippen molar-refractivity contribution in [3.05, 3.63) is 29.7 Å². The topological polar surface area (TPSA) is 63.6 Å². The zero-order chi connectivity index (χ0) is 7.21. The third-order valence-electron chi connectivity index (χ3n) is 0.211. The van der Waals surface area contributed by atoms with Gasteiger partial charge in [0.25, 0.3) is 0 Å². The zero-order valence-corrected chi connectivity index (χ0v) is 17.9. The molecule has 2 radical (unpaired) electrons. The van der Waals surface area contributed by atoms with E-state index >= 15 is 0 Å². The van der Waals surface area contributed by atoms with E-state index in [2.05, 4.69) is 27.5 Å². The Labute approximate surface area is 168 Å². The van der Waals surface area contributed by atoms with Crippen molar-refractivity contribution in [3.63, 3.8) is 0 Å². The quantitative estimate of drug-likeness (QED) is 0.134. The third kappa shape index (κ3) is 153. The maximum absolute atomic E-state index is 9.33. The van der Waals surface area contributed by atoms with E-state index in [1.807, 2.05) is 0 Å². The molecule has 0 saturated heterocycles. The molecule has 0 aromatic rings. The van der Waals surface area contributed by atoms with Crippen LogP contribution in [0.1, 0.15) is 0 Å². The minimum Gasteiger partial charge on any atom is -1.00 e. The van der Waals surface area contributed by atoms with Crippen molar-refractivity contribution in [1.82, 2.24) is 0 Å². The van der Waals surface area contributed by atoms with Crippen molar-refractivity contribution >= 4 is 60.7 Å². The summed E-state index contributed by atoms with van der Waals surface area (Å²) in [6, 6.07) is 0. The minimum absolute atomic E-state index is 0. The van der Waals surface area contributed by atoms with Crippen LogP contribution in [0.5, 0.6) is 0 Å². The van der Waals surface area contributed by atoms with Crippen LogP contribution in [0.2, 0.25) is 0 Å². The van der Waals surface area contributed by atoms with E-state index in [9.17, 15) is 8.42 Å². The van der Waals surface area contributed by atoms with Crippen molar-refractivity contribution in [3.8, 4) is 0 Å². The van der Waals surface area contributed by atoms with Gasteiger partial charge in [0.1, 0.15) is 0 Å².